The van der Waals surface area contributed by atoms with Crippen LogP contribution in [-0.2, 0) is 0 Å². The van der Waals surface area contributed by atoms with Crippen molar-refractivity contribution >= 4 is 11.6 Å². The number of halogens is 1. The van der Waals surface area contributed by atoms with Crippen LogP contribution >= 0.6 is 11.6 Å². The Morgan fingerprint density at radius 2 is 1.83 bits per heavy atom. The highest BCUT2D eigenvalue weighted by molar-refractivity contribution is 6.33. The third kappa shape index (κ3) is 2.73. The first-order valence-corrected chi connectivity index (χ1v) is 6.40. The first-order valence-electron chi connectivity index (χ1n) is 6.02. The van der Waals surface area contributed by atoms with E-state index in [1.807, 2.05) is 13.0 Å². The summed E-state index contributed by atoms with van der Waals surface area (Å²) in [5.74, 6) is 1.42. The van der Waals surface area contributed by atoms with Gasteiger partial charge in [-0.05, 0) is 23.1 Å². The fraction of sp³-hybridized carbons (Fsp3) is 0.571. The molecule has 0 spiro atoms. The normalized spacial score (nSPS) is 12.7. The molecule has 18 heavy (non-hydrogen) atoms. The predicted molar refractivity (Wildman–Crippen MR) is 74.1 cm³/mol. The molecule has 3 nitrogen and oxygen atoms in total. The van der Waals surface area contributed by atoms with Crippen LogP contribution in [0.4, 0.5) is 0 Å². The predicted octanol–water partition coefficient (Wildman–Crippen LogP) is 3.58. The molecule has 1 unspecified atom stereocenters. The summed E-state index contributed by atoms with van der Waals surface area (Å²) in [5, 5.41) is 9.93. The molecule has 0 radical (unpaired) electrons. The van der Waals surface area contributed by atoms with E-state index in [4.69, 9.17) is 21.1 Å². The zero-order valence-electron chi connectivity index (χ0n) is 11.6. The fourth-order valence-electron chi connectivity index (χ4n) is 2.08. The van der Waals surface area contributed by atoms with Crippen molar-refractivity contribution in [3.8, 4) is 11.5 Å². The van der Waals surface area contributed by atoms with Crippen molar-refractivity contribution in [2.24, 2.45) is 0 Å². The molecule has 0 bridgehead atoms. The van der Waals surface area contributed by atoms with Gasteiger partial charge >= 0.3 is 0 Å². The second-order valence-electron chi connectivity index (χ2n) is 4.67. The minimum Gasteiger partial charge on any atom is -0.493 e. The Morgan fingerprint density at radius 3 is 2.22 bits per heavy atom. The van der Waals surface area contributed by atoms with E-state index in [-0.39, 0.29) is 18.4 Å². The first-order chi connectivity index (χ1) is 8.47. The molecule has 0 heterocycles. The minimum atomic E-state index is 0.0136. The molecule has 102 valence electrons. The van der Waals surface area contributed by atoms with Gasteiger partial charge in [0.2, 0.25) is 0 Å². The summed E-state index contributed by atoms with van der Waals surface area (Å²) in [6.45, 7) is 6.18. The van der Waals surface area contributed by atoms with E-state index in [0.29, 0.717) is 16.5 Å². The molecular formula is C14H21ClO3. The molecule has 0 fully saturated rings. The van der Waals surface area contributed by atoms with Gasteiger partial charge in [-0.1, -0.05) is 32.4 Å². The lowest BCUT2D eigenvalue weighted by Crippen LogP contribution is -2.07. The van der Waals surface area contributed by atoms with E-state index < -0.39 is 0 Å². The van der Waals surface area contributed by atoms with Crippen LogP contribution in [0.5, 0.6) is 11.5 Å². The van der Waals surface area contributed by atoms with Crippen molar-refractivity contribution < 1.29 is 14.6 Å². The average molecular weight is 273 g/mol. The van der Waals surface area contributed by atoms with Gasteiger partial charge in [0.25, 0.3) is 0 Å². The first kappa shape index (κ1) is 15.1. The molecule has 1 atom stereocenters. The molecule has 1 aromatic carbocycles. The van der Waals surface area contributed by atoms with E-state index >= 15 is 0 Å². The lowest BCUT2D eigenvalue weighted by atomic mass is 9.89. The van der Waals surface area contributed by atoms with E-state index in [1.165, 1.54) is 0 Å². The Balaban J connectivity index is 3.54. The SMILES string of the molecule is COc1cc(C(C)CO)c(C(C)C)c(Cl)c1OC. The van der Waals surface area contributed by atoms with E-state index in [9.17, 15) is 5.11 Å². The topological polar surface area (TPSA) is 38.7 Å². The van der Waals surface area contributed by atoms with Crippen LogP contribution in [0, 0.1) is 0 Å². The lowest BCUT2D eigenvalue weighted by molar-refractivity contribution is 0.271. The molecule has 0 aliphatic carbocycles. The molecule has 1 N–H and O–H groups in total. The number of ether oxygens (including phenoxy) is 2. The Bertz CT molecular complexity index is 416. The summed E-state index contributed by atoms with van der Waals surface area (Å²) < 4.78 is 10.6. The fourth-order valence-corrected chi connectivity index (χ4v) is 2.57. The molecule has 1 rings (SSSR count). The monoisotopic (exact) mass is 272 g/mol. The van der Waals surface area contributed by atoms with E-state index in [1.54, 1.807) is 14.2 Å². The van der Waals surface area contributed by atoms with Gasteiger partial charge in [-0.2, -0.15) is 0 Å². The van der Waals surface area contributed by atoms with Gasteiger partial charge in [0, 0.05) is 12.5 Å². The van der Waals surface area contributed by atoms with Gasteiger partial charge in [0.1, 0.15) is 0 Å². The Labute approximate surface area is 114 Å². The standard InChI is InChI=1S/C14H21ClO3/c1-8(2)12-10(9(3)7-16)6-11(17-4)14(18-5)13(12)15/h6,8-9,16H,7H2,1-5H3. The van der Waals surface area contributed by atoms with Gasteiger partial charge in [0.05, 0.1) is 19.2 Å². The lowest BCUT2D eigenvalue weighted by Gasteiger charge is -2.22. The van der Waals surface area contributed by atoms with Crippen molar-refractivity contribution in [1.82, 2.24) is 0 Å². The summed E-state index contributed by atoms with van der Waals surface area (Å²) in [7, 11) is 3.15. The number of hydrogen-bond acceptors (Lipinski definition) is 3. The maximum absolute atomic E-state index is 9.36. The van der Waals surface area contributed by atoms with Crippen molar-refractivity contribution in [1.29, 1.82) is 0 Å². The second-order valence-corrected chi connectivity index (χ2v) is 5.05. The van der Waals surface area contributed by atoms with Crippen molar-refractivity contribution in [3.05, 3.63) is 22.2 Å². The molecule has 0 aliphatic rings. The maximum atomic E-state index is 9.36. The van der Waals surface area contributed by atoms with Crippen molar-refractivity contribution in [3.63, 3.8) is 0 Å². The zero-order chi connectivity index (χ0) is 13.9. The molecule has 0 saturated heterocycles. The molecular weight excluding hydrogens is 252 g/mol. The number of rotatable bonds is 5. The van der Waals surface area contributed by atoms with E-state index in [2.05, 4.69) is 13.8 Å². The number of methoxy groups -OCH3 is 2. The summed E-state index contributed by atoms with van der Waals surface area (Å²) in [6.07, 6.45) is 0. The van der Waals surface area contributed by atoms with Crippen LogP contribution in [-0.4, -0.2) is 25.9 Å². The largest absolute Gasteiger partial charge is 0.493 e. The van der Waals surface area contributed by atoms with E-state index in [0.717, 1.165) is 11.1 Å². The number of benzene rings is 1. The van der Waals surface area contributed by atoms with Gasteiger partial charge in [0.15, 0.2) is 11.5 Å². The molecule has 0 aromatic heterocycles. The smallest absolute Gasteiger partial charge is 0.179 e. The summed E-state index contributed by atoms with van der Waals surface area (Å²) in [4.78, 5) is 0. The molecule has 1 aromatic rings. The highest BCUT2D eigenvalue weighted by Gasteiger charge is 2.22. The molecule has 0 saturated carbocycles. The third-order valence-corrected chi connectivity index (χ3v) is 3.44. The van der Waals surface area contributed by atoms with Gasteiger partial charge in [-0.15, -0.1) is 0 Å². The minimum absolute atomic E-state index is 0.0136. The number of aliphatic hydroxyl groups excluding tert-OH is 1. The number of aliphatic hydroxyl groups is 1. The highest BCUT2D eigenvalue weighted by Crippen LogP contribution is 2.44. The highest BCUT2D eigenvalue weighted by atomic mass is 35.5. The van der Waals surface area contributed by atoms with Crippen molar-refractivity contribution in [2.45, 2.75) is 32.6 Å². The van der Waals surface area contributed by atoms with Crippen LogP contribution in [0.1, 0.15) is 43.7 Å². The van der Waals surface area contributed by atoms with Gasteiger partial charge in [-0.25, -0.2) is 0 Å². The second kappa shape index (κ2) is 6.30. The zero-order valence-corrected chi connectivity index (χ0v) is 12.3. The van der Waals surface area contributed by atoms with Crippen LogP contribution in [0.2, 0.25) is 5.02 Å². The summed E-state index contributed by atoms with van der Waals surface area (Å²) >= 11 is 6.41. The summed E-state index contributed by atoms with van der Waals surface area (Å²) in [6, 6.07) is 1.90. The molecule has 0 amide bonds. The van der Waals surface area contributed by atoms with Crippen LogP contribution in [0.3, 0.4) is 0 Å². The van der Waals surface area contributed by atoms with Gasteiger partial charge < -0.3 is 14.6 Å². The van der Waals surface area contributed by atoms with Gasteiger partial charge in [-0.3, -0.25) is 0 Å². The quantitative estimate of drug-likeness (QED) is 0.890. The Hall–Kier alpha value is -0.930. The Kier molecular flexibility index (Phi) is 5.29. The molecule has 0 aliphatic heterocycles. The van der Waals surface area contributed by atoms with Crippen LogP contribution < -0.4 is 9.47 Å². The molecule has 4 heteroatoms. The van der Waals surface area contributed by atoms with Crippen molar-refractivity contribution in [2.75, 3.05) is 20.8 Å². The summed E-state index contributed by atoms with van der Waals surface area (Å²) in [5.41, 5.74) is 2.02. The maximum Gasteiger partial charge on any atom is 0.179 e. The average Bonchev–Trinajstić information content (AvgIpc) is 2.35. The van der Waals surface area contributed by atoms with Crippen LogP contribution in [0.25, 0.3) is 0 Å². The Morgan fingerprint density at radius 1 is 1.22 bits per heavy atom. The van der Waals surface area contributed by atoms with Crippen LogP contribution in [0.15, 0.2) is 6.07 Å². The number of hydrogen-bond donors (Lipinski definition) is 1. The third-order valence-electron chi connectivity index (χ3n) is 3.06.